The Hall–Kier alpha value is -1.36. The van der Waals surface area contributed by atoms with E-state index in [0.717, 1.165) is 11.5 Å². The molecule has 1 heterocycles. The van der Waals surface area contributed by atoms with Crippen molar-refractivity contribution in [3.63, 3.8) is 0 Å². The molecule has 0 fully saturated rings. The van der Waals surface area contributed by atoms with Crippen LogP contribution in [0.25, 0.3) is 0 Å². The van der Waals surface area contributed by atoms with Crippen LogP contribution in [0.1, 0.15) is 12.6 Å². The number of rotatable bonds is 4. The maximum atomic E-state index is 5.50. The number of anilines is 2. The highest BCUT2D eigenvalue weighted by Gasteiger charge is 2.01. The summed E-state index contributed by atoms with van der Waals surface area (Å²) in [5.41, 5.74) is 6.36. The first-order valence-electron chi connectivity index (χ1n) is 4.49. The van der Waals surface area contributed by atoms with Gasteiger partial charge in [-0.3, -0.25) is 0 Å². The molecule has 0 aliphatic heterocycles. The van der Waals surface area contributed by atoms with E-state index in [4.69, 9.17) is 10.5 Å². The Morgan fingerprint density at radius 3 is 2.86 bits per heavy atom. The van der Waals surface area contributed by atoms with Gasteiger partial charge in [0.1, 0.15) is 5.82 Å². The molecular weight excluding hydrogens is 180 g/mol. The molecule has 0 radical (unpaired) electrons. The van der Waals surface area contributed by atoms with Crippen molar-refractivity contribution in [1.29, 1.82) is 0 Å². The third-order valence-electron chi connectivity index (χ3n) is 1.84. The van der Waals surface area contributed by atoms with Crippen LogP contribution in [0.4, 0.5) is 11.8 Å². The summed E-state index contributed by atoms with van der Waals surface area (Å²) in [6.45, 7) is 4.56. The second kappa shape index (κ2) is 4.76. The first-order chi connectivity index (χ1) is 6.61. The molecule has 5 heteroatoms. The molecule has 0 spiro atoms. The number of hydrogen-bond acceptors (Lipinski definition) is 5. The summed E-state index contributed by atoms with van der Waals surface area (Å²) >= 11 is 0. The van der Waals surface area contributed by atoms with Gasteiger partial charge in [0.15, 0.2) is 0 Å². The van der Waals surface area contributed by atoms with Gasteiger partial charge in [-0.25, -0.2) is 4.98 Å². The Labute approximate surface area is 83.7 Å². The minimum Gasteiger partial charge on any atom is -0.380 e. The highest BCUT2D eigenvalue weighted by Crippen LogP contribution is 2.07. The Bertz CT molecular complexity index is 283. The van der Waals surface area contributed by atoms with Gasteiger partial charge in [-0.15, -0.1) is 0 Å². The van der Waals surface area contributed by atoms with E-state index in [1.165, 1.54) is 0 Å². The second-order valence-electron chi connectivity index (χ2n) is 3.18. The minimum atomic E-state index is 0.145. The minimum absolute atomic E-state index is 0.145. The quantitative estimate of drug-likeness (QED) is 0.745. The van der Waals surface area contributed by atoms with Crippen molar-refractivity contribution >= 4 is 11.8 Å². The molecule has 14 heavy (non-hydrogen) atoms. The molecule has 1 atom stereocenters. The van der Waals surface area contributed by atoms with E-state index in [2.05, 4.69) is 15.3 Å². The standard InChI is InChI=1S/C9H16N4O/c1-6-4-8(13-9(10)12-6)11-5-7(2)14-3/h4,7H,5H2,1-3H3,(H3,10,11,12,13). The number of aromatic nitrogens is 2. The number of hydrogen-bond donors (Lipinski definition) is 2. The summed E-state index contributed by atoms with van der Waals surface area (Å²) in [5, 5.41) is 3.12. The van der Waals surface area contributed by atoms with Crippen LogP contribution in [-0.4, -0.2) is 29.7 Å². The second-order valence-corrected chi connectivity index (χ2v) is 3.18. The van der Waals surface area contributed by atoms with Gasteiger partial charge < -0.3 is 15.8 Å². The van der Waals surface area contributed by atoms with Gasteiger partial charge in [-0.05, 0) is 13.8 Å². The molecule has 1 unspecified atom stereocenters. The number of nitrogen functional groups attached to an aromatic ring is 1. The topological polar surface area (TPSA) is 73.1 Å². The molecule has 5 nitrogen and oxygen atoms in total. The molecule has 0 amide bonds. The monoisotopic (exact) mass is 196 g/mol. The lowest BCUT2D eigenvalue weighted by molar-refractivity contribution is 0.128. The fraction of sp³-hybridized carbons (Fsp3) is 0.556. The lowest BCUT2D eigenvalue weighted by Crippen LogP contribution is -2.19. The number of ether oxygens (including phenoxy) is 1. The van der Waals surface area contributed by atoms with Crippen molar-refractivity contribution in [2.45, 2.75) is 20.0 Å². The summed E-state index contributed by atoms with van der Waals surface area (Å²) < 4.78 is 5.10. The van der Waals surface area contributed by atoms with Crippen molar-refractivity contribution in [2.24, 2.45) is 0 Å². The molecule has 0 aliphatic carbocycles. The van der Waals surface area contributed by atoms with E-state index in [1.807, 2.05) is 19.9 Å². The Morgan fingerprint density at radius 2 is 2.29 bits per heavy atom. The van der Waals surface area contributed by atoms with Crippen molar-refractivity contribution in [1.82, 2.24) is 9.97 Å². The van der Waals surface area contributed by atoms with Gasteiger partial charge in [0.25, 0.3) is 0 Å². The van der Waals surface area contributed by atoms with Crippen LogP contribution in [-0.2, 0) is 4.74 Å². The number of aryl methyl sites for hydroxylation is 1. The van der Waals surface area contributed by atoms with Crippen LogP contribution >= 0.6 is 0 Å². The molecule has 1 aromatic heterocycles. The number of nitrogens with zero attached hydrogens (tertiary/aromatic N) is 2. The van der Waals surface area contributed by atoms with Gasteiger partial charge in [0, 0.05) is 25.4 Å². The Morgan fingerprint density at radius 1 is 1.57 bits per heavy atom. The lowest BCUT2D eigenvalue weighted by atomic mass is 10.4. The highest BCUT2D eigenvalue weighted by molar-refractivity contribution is 5.40. The maximum absolute atomic E-state index is 5.50. The van der Waals surface area contributed by atoms with Gasteiger partial charge in [0.2, 0.25) is 5.95 Å². The predicted octanol–water partition coefficient (Wildman–Crippen LogP) is 0.814. The first-order valence-corrected chi connectivity index (χ1v) is 4.49. The zero-order valence-corrected chi connectivity index (χ0v) is 8.74. The van der Waals surface area contributed by atoms with Gasteiger partial charge >= 0.3 is 0 Å². The zero-order chi connectivity index (χ0) is 10.6. The normalized spacial score (nSPS) is 12.5. The van der Waals surface area contributed by atoms with E-state index in [9.17, 15) is 0 Å². The van der Waals surface area contributed by atoms with Gasteiger partial charge in [0.05, 0.1) is 6.10 Å². The van der Waals surface area contributed by atoms with E-state index < -0.39 is 0 Å². The highest BCUT2D eigenvalue weighted by atomic mass is 16.5. The van der Waals surface area contributed by atoms with Crippen molar-refractivity contribution in [3.8, 4) is 0 Å². The predicted molar refractivity (Wildman–Crippen MR) is 56.1 cm³/mol. The molecule has 1 aromatic rings. The summed E-state index contributed by atoms with van der Waals surface area (Å²) in [5.74, 6) is 1.02. The fourth-order valence-corrected chi connectivity index (χ4v) is 1.01. The van der Waals surface area contributed by atoms with Crippen LogP contribution in [0.3, 0.4) is 0 Å². The van der Waals surface area contributed by atoms with Crippen LogP contribution < -0.4 is 11.1 Å². The molecule has 78 valence electrons. The average molecular weight is 196 g/mol. The molecule has 0 saturated carbocycles. The van der Waals surface area contributed by atoms with Crippen molar-refractivity contribution in [2.75, 3.05) is 24.7 Å². The molecule has 0 aromatic carbocycles. The smallest absolute Gasteiger partial charge is 0.222 e. The van der Waals surface area contributed by atoms with Gasteiger partial charge in [-0.2, -0.15) is 4.98 Å². The number of nitrogens with one attached hydrogen (secondary N) is 1. The Balaban J connectivity index is 2.58. The summed E-state index contributed by atoms with van der Waals surface area (Å²) in [4.78, 5) is 8.02. The maximum Gasteiger partial charge on any atom is 0.222 e. The van der Waals surface area contributed by atoms with Crippen molar-refractivity contribution < 1.29 is 4.74 Å². The largest absolute Gasteiger partial charge is 0.380 e. The third-order valence-corrected chi connectivity index (χ3v) is 1.84. The van der Waals surface area contributed by atoms with E-state index in [1.54, 1.807) is 7.11 Å². The third kappa shape index (κ3) is 3.18. The lowest BCUT2D eigenvalue weighted by Gasteiger charge is -2.11. The molecule has 0 saturated heterocycles. The van der Waals surface area contributed by atoms with Crippen molar-refractivity contribution in [3.05, 3.63) is 11.8 Å². The van der Waals surface area contributed by atoms with Crippen LogP contribution in [0.2, 0.25) is 0 Å². The summed E-state index contributed by atoms with van der Waals surface area (Å²) in [6, 6.07) is 1.85. The first kappa shape index (κ1) is 10.7. The molecule has 1 rings (SSSR count). The molecule has 3 N–H and O–H groups in total. The van der Waals surface area contributed by atoms with E-state index in [-0.39, 0.29) is 12.1 Å². The summed E-state index contributed by atoms with van der Waals surface area (Å²) in [7, 11) is 1.67. The fourth-order valence-electron chi connectivity index (χ4n) is 1.01. The van der Waals surface area contributed by atoms with Crippen LogP contribution in [0, 0.1) is 6.92 Å². The Kier molecular flexibility index (Phi) is 3.64. The number of methoxy groups -OCH3 is 1. The van der Waals surface area contributed by atoms with Crippen LogP contribution in [0.15, 0.2) is 6.07 Å². The van der Waals surface area contributed by atoms with E-state index >= 15 is 0 Å². The van der Waals surface area contributed by atoms with Gasteiger partial charge in [-0.1, -0.05) is 0 Å². The van der Waals surface area contributed by atoms with Crippen LogP contribution in [0.5, 0.6) is 0 Å². The average Bonchev–Trinajstić information content (AvgIpc) is 2.12. The summed E-state index contributed by atoms with van der Waals surface area (Å²) in [6.07, 6.45) is 0.145. The number of nitrogens with two attached hydrogens (primary N) is 1. The zero-order valence-electron chi connectivity index (χ0n) is 8.74. The SMILES string of the molecule is COC(C)CNc1cc(C)nc(N)n1. The molecule has 0 bridgehead atoms. The molecule has 0 aliphatic rings. The van der Waals surface area contributed by atoms with E-state index in [0.29, 0.717) is 6.54 Å². The molecular formula is C9H16N4O.